The van der Waals surface area contributed by atoms with Crippen molar-refractivity contribution >= 4 is 11.7 Å². The molecule has 0 aliphatic carbocycles. The van der Waals surface area contributed by atoms with Gasteiger partial charge in [0.15, 0.2) is 0 Å². The largest absolute Gasteiger partial charge is 0.334 e. The maximum Gasteiger partial charge on any atom is 0.319 e. The van der Waals surface area contributed by atoms with E-state index in [1.165, 1.54) is 5.56 Å². The molecule has 2 aromatic carbocycles. The van der Waals surface area contributed by atoms with E-state index in [2.05, 4.69) is 16.7 Å². The predicted octanol–water partition coefficient (Wildman–Crippen LogP) is 3.34. The van der Waals surface area contributed by atoms with Crippen LogP contribution in [0.4, 0.5) is 10.5 Å². The fourth-order valence-electron chi connectivity index (χ4n) is 2.05. The fraction of sp³-hybridized carbons (Fsp3) is 0.235. The fourth-order valence-corrected chi connectivity index (χ4v) is 2.05. The Hall–Kier alpha value is -2.33. The SMILES string of the molecule is Cc1cccc(CNC(=O)Nc2ccc(C(C)N)cc2)c1. The van der Waals surface area contributed by atoms with E-state index in [9.17, 15) is 4.79 Å². The molecule has 0 spiro atoms. The van der Waals surface area contributed by atoms with Crippen molar-refractivity contribution < 1.29 is 4.79 Å². The molecule has 0 aliphatic rings. The van der Waals surface area contributed by atoms with Crippen LogP contribution >= 0.6 is 0 Å². The van der Waals surface area contributed by atoms with Gasteiger partial charge in [-0.15, -0.1) is 0 Å². The van der Waals surface area contributed by atoms with Gasteiger partial charge in [0, 0.05) is 18.3 Å². The van der Waals surface area contributed by atoms with Gasteiger partial charge in [0.25, 0.3) is 0 Å². The summed E-state index contributed by atoms with van der Waals surface area (Å²) in [5, 5.41) is 5.64. The van der Waals surface area contributed by atoms with Crippen LogP contribution in [0.3, 0.4) is 0 Å². The maximum absolute atomic E-state index is 11.8. The van der Waals surface area contributed by atoms with E-state index in [1.807, 2.05) is 56.3 Å². The van der Waals surface area contributed by atoms with Crippen LogP contribution in [0.5, 0.6) is 0 Å². The quantitative estimate of drug-likeness (QED) is 0.805. The summed E-state index contributed by atoms with van der Waals surface area (Å²) in [6.45, 7) is 4.46. The van der Waals surface area contributed by atoms with Gasteiger partial charge in [0.1, 0.15) is 0 Å². The third-order valence-electron chi connectivity index (χ3n) is 3.23. The number of nitrogens with one attached hydrogen (secondary N) is 2. The van der Waals surface area contributed by atoms with Gasteiger partial charge in [0.2, 0.25) is 0 Å². The Kier molecular flexibility index (Phi) is 4.95. The highest BCUT2D eigenvalue weighted by molar-refractivity contribution is 5.89. The number of amides is 2. The average Bonchev–Trinajstić information content (AvgIpc) is 2.46. The second kappa shape index (κ2) is 6.90. The van der Waals surface area contributed by atoms with Crippen LogP contribution in [-0.4, -0.2) is 6.03 Å². The molecule has 1 unspecified atom stereocenters. The molecule has 0 radical (unpaired) electrons. The second-order valence-corrected chi connectivity index (χ2v) is 5.21. The van der Waals surface area contributed by atoms with Crippen molar-refractivity contribution in [1.82, 2.24) is 5.32 Å². The lowest BCUT2D eigenvalue weighted by Gasteiger charge is -2.10. The first-order valence-electron chi connectivity index (χ1n) is 7.00. The summed E-state index contributed by atoms with van der Waals surface area (Å²) in [4.78, 5) is 11.8. The van der Waals surface area contributed by atoms with Gasteiger partial charge >= 0.3 is 6.03 Å². The van der Waals surface area contributed by atoms with Gasteiger partial charge in [-0.25, -0.2) is 4.79 Å². The zero-order valence-corrected chi connectivity index (χ0v) is 12.4. The number of rotatable bonds is 4. The predicted molar refractivity (Wildman–Crippen MR) is 86.1 cm³/mol. The number of carbonyl (C=O) groups excluding carboxylic acids is 1. The Morgan fingerprint density at radius 1 is 1.19 bits per heavy atom. The molecule has 0 saturated carbocycles. The van der Waals surface area contributed by atoms with Crippen LogP contribution in [0.2, 0.25) is 0 Å². The smallest absolute Gasteiger partial charge is 0.319 e. The molecule has 4 heteroatoms. The lowest BCUT2D eigenvalue weighted by atomic mass is 10.1. The van der Waals surface area contributed by atoms with E-state index in [-0.39, 0.29) is 12.1 Å². The molecular weight excluding hydrogens is 262 g/mol. The van der Waals surface area contributed by atoms with E-state index in [4.69, 9.17) is 5.73 Å². The van der Waals surface area contributed by atoms with Crippen molar-refractivity contribution in [2.24, 2.45) is 5.73 Å². The summed E-state index contributed by atoms with van der Waals surface area (Å²) in [5.41, 5.74) is 9.85. The highest BCUT2D eigenvalue weighted by Gasteiger charge is 2.03. The Morgan fingerprint density at radius 2 is 1.90 bits per heavy atom. The van der Waals surface area contributed by atoms with Crippen LogP contribution in [-0.2, 0) is 6.54 Å². The molecule has 21 heavy (non-hydrogen) atoms. The van der Waals surface area contributed by atoms with Gasteiger partial charge in [0.05, 0.1) is 0 Å². The summed E-state index contributed by atoms with van der Waals surface area (Å²) in [6.07, 6.45) is 0. The molecule has 0 aliphatic heterocycles. The van der Waals surface area contributed by atoms with Crippen molar-refractivity contribution in [3.63, 3.8) is 0 Å². The molecule has 0 bridgehead atoms. The lowest BCUT2D eigenvalue weighted by molar-refractivity contribution is 0.251. The Labute approximate surface area is 125 Å². The third-order valence-corrected chi connectivity index (χ3v) is 3.23. The summed E-state index contributed by atoms with van der Waals surface area (Å²) in [6, 6.07) is 15.4. The van der Waals surface area contributed by atoms with Crippen LogP contribution < -0.4 is 16.4 Å². The molecule has 0 fully saturated rings. The van der Waals surface area contributed by atoms with E-state index in [0.29, 0.717) is 6.54 Å². The molecule has 2 amide bonds. The summed E-state index contributed by atoms with van der Waals surface area (Å²) >= 11 is 0. The number of urea groups is 1. The zero-order valence-electron chi connectivity index (χ0n) is 12.4. The standard InChI is InChI=1S/C17H21N3O/c1-12-4-3-5-14(10-12)11-19-17(21)20-16-8-6-15(7-9-16)13(2)18/h3-10,13H,11,18H2,1-2H3,(H2,19,20,21). The number of carbonyl (C=O) groups is 1. The molecule has 0 saturated heterocycles. The van der Waals surface area contributed by atoms with Crippen LogP contribution in [0.15, 0.2) is 48.5 Å². The van der Waals surface area contributed by atoms with Gasteiger partial charge in [-0.1, -0.05) is 42.0 Å². The molecular formula is C17H21N3O. The first-order valence-corrected chi connectivity index (χ1v) is 7.00. The molecule has 2 aromatic rings. The topological polar surface area (TPSA) is 67.2 Å². The normalized spacial score (nSPS) is 11.8. The van der Waals surface area contributed by atoms with Crippen LogP contribution in [0.1, 0.15) is 29.7 Å². The van der Waals surface area contributed by atoms with Gasteiger partial charge in [-0.2, -0.15) is 0 Å². The molecule has 0 heterocycles. The van der Waals surface area contributed by atoms with Gasteiger partial charge in [-0.05, 0) is 37.1 Å². The zero-order chi connectivity index (χ0) is 15.2. The first-order chi connectivity index (χ1) is 10.0. The summed E-state index contributed by atoms with van der Waals surface area (Å²) in [7, 11) is 0. The van der Waals surface area contributed by atoms with Crippen molar-refractivity contribution in [1.29, 1.82) is 0 Å². The highest BCUT2D eigenvalue weighted by atomic mass is 16.2. The number of anilines is 1. The molecule has 2 rings (SSSR count). The molecule has 4 nitrogen and oxygen atoms in total. The van der Waals surface area contributed by atoms with Crippen LogP contribution in [0.25, 0.3) is 0 Å². The molecule has 110 valence electrons. The summed E-state index contributed by atoms with van der Waals surface area (Å²) < 4.78 is 0. The first kappa shape index (κ1) is 15.1. The van der Waals surface area contributed by atoms with Crippen molar-refractivity contribution in [2.75, 3.05) is 5.32 Å². The lowest BCUT2D eigenvalue weighted by Crippen LogP contribution is -2.28. The summed E-state index contributed by atoms with van der Waals surface area (Å²) in [5.74, 6) is 0. The van der Waals surface area contributed by atoms with Crippen LogP contribution in [0, 0.1) is 6.92 Å². The minimum absolute atomic E-state index is 0.00537. The molecule has 4 N–H and O–H groups in total. The van der Waals surface area contributed by atoms with Crippen molar-refractivity contribution in [2.45, 2.75) is 26.4 Å². The number of nitrogens with two attached hydrogens (primary N) is 1. The van der Waals surface area contributed by atoms with E-state index in [0.717, 1.165) is 16.8 Å². The number of hydrogen-bond acceptors (Lipinski definition) is 2. The number of aryl methyl sites for hydroxylation is 1. The Bertz CT molecular complexity index is 606. The van der Waals surface area contributed by atoms with Gasteiger partial charge in [-0.3, -0.25) is 0 Å². The van der Waals surface area contributed by atoms with E-state index in [1.54, 1.807) is 0 Å². The molecule has 1 atom stereocenters. The van der Waals surface area contributed by atoms with Crippen molar-refractivity contribution in [3.05, 3.63) is 65.2 Å². The molecule has 0 aromatic heterocycles. The maximum atomic E-state index is 11.8. The average molecular weight is 283 g/mol. The van der Waals surface area contributed by atoms with Gasteiger partial charge < -0.3 is 16.4 Å². The number of hydrogen-bond donors (Lipinski definition) is 3. The minimum Gasteiger partial charge on any atom is -0.334 e. The van der Waals surface area contributed by atoms with E-state index >= 15 is 0 Å². The van der Waals surface area contributed by atoms with Crippen molar-refractivity contribution in [3.8, 4) is 0 Å². The third kappa shape index (κ3) is 4.61. The Morgan fingerprint density at radius 3 is 2.52 bits per heavy atom. The Balaban J connectivity index is 1.87. The number of benzene rings is 2. The highest BCUT2D eigenvalue weighted by Crippen LogP contribution is 2.14. The second-order valence-electron chi connectivity index (χ2n) is 5.21. The minimum atomic E-state index is -0.218. The monoisotopic (exact) mass is 283 g/mol. The van der Waals surface area contributed by atoms with E-state index < -0.39 is 0 Å².